The fourth-order valence-electron chi connectivity index (χ4n) is 2.28. The minimum absolute atomic E-state index is 0.0212. The zero-order valence-electron chi connectivity index (χ0n) is 12.1. The van der Waals surface area contributed by atoms with Gasteiger partial charge in [0.05, 0.1) is 5.75 Å². The lowest BCUT2D eigenvalue weighted by Gasteiger charge is -2.06. The standard InChI is InChI=1S/C17H17ClO2S/c1-12-6-13(2)8-14(7-12)10-21(20)11-17(19)15-4-3-5-16(18)9-15/h3-9H,10-11H2,1-2H3. The number of Topliss-reactive ketones (excluding diaryl/α,β-unsaturated/α-hetero) is 1. The van der Waals surface area contributed by atoms with Gasteiger partial charge in [0.1, 0.15) is 0 Å². The Balaban J connectivity index is 2.03. The summed E-state index contributed by atoms with van der Waals surface area (Å²) in [6.45, 7) is 4.02. The van der Waals surface area contributed by atoms with E-state index < -0.39 is 10.8 Å². The van der Waals surface area contributed by atoms with Gasteiger partial charge in [0, 0.05) is 27.1 Å². The van der Waals surface area contributed by atoms with E-state index in [1.54, 1.807) is 24.3 Å². The van der Waals surface area contributed by atoms with E-state index in [0.717, 1.165) is 16.7 Å². The summed E-state index contributed by atoms with van der Waals surface area (Å²) in [7, 11) is -1.22. The molecule has 4 heteroatoms. The Morgan fingerprint density at radius 1 is 1.10 bits per heavy atom. The summed E-state index contributed by atoms with van der Waals surface area (Å²) in [6.07, 6.45) is 0. The van der Waals surface area contributed by atoms with Crippen molar-refractivity contribution in [2.75, 3.05) is 5.75 Å². The lowest BCUT2D eigenvalue weighted by molar-refractivity contribution is 0.102. The van der Waals surface area contributed by atoms with Gasteiger partial charge in [-0.05, 0) is 31.5 Å². The molecule has 2 aromatic carbocycles. The first kappa shape index (κ1) is 15.9. The predicted molar refractivity (Wildman–Crippen MR) is 88.4 cm³/mol. The number of rotatable bonds is 5. The van der Waals surface area contributed by atoms with E-state index >= 15 is 0 Å². The van der Waals surface area contributed by atoms with Gasteiger partial charge in [0.15, 0.2) is 5.78 Å². The van der Waals surface area contributed by atoms with Crippen LogP contribution in [0.4, 0.5) is 0 Å². The molecule has 2 aromatic rings. The third-order valence-electron chi connectivity index (χ3n) is 3.05. The van der Waals surface area contributed by atoms with E-state index in [9.17, 15) is 9.00 Å². The van der Waals surface area contributed by atoms with Crippen molar-refractivity contribution in [3.05, 3.63) is 69.7 Å². The van der Waals surface area contributed by atoms with Crippen LogP contribution < -0.4 is 0 Å². The average molecular weight is 321 g/mol. The monoisotopic (exact) mass is 320 g/mol. The molecule has 0 heterocycles. The van der Waals surface area contributed by atoms with Gasteiger partial charge in [-0.25, -0.2) is 0 Å². The summed E-state index contributed by atoms with van der Waals surface area (Å²) in [5, 5.41) is 0.515. The predicted octanol–water partition coefficient (Wildman–Crippen LogP) is 4.09. The van der Waals surface area contributed by atoms with Gasteiger partial charge in [0.25, 0.3) is 0 Å². The van der Waals surface area contributed by atoms with Gasteiger partial charge in [-0.3, -0.25) is 9.00 Å². The number of aryl methyl sites for hydroxylation is 2. The molecule has 21 heavy (non-hydrogen) atoms. The molecule has 110 valence electrons. The highest BCUT2D eigenvalue weighted by atomic mass is 35.5. The summed E-state index contributed by atoms with van der Waals surface area (Å²) < 4.78 is 12.2. The molecule has 0 aromatic heterocycles. The van der Waals surface area contributed by atoms with E-state index in [0.29, 0.717) is 16.3 Å². The van der Waals surface area contributed by atoms with Crippen molar-refractivity contribution >= 4 is 28.2 Å². The van der Waals surface area contributed by atoms with Crippen LogP contribution in [0.2, 0.25) is 5.02 Å². The van der Waals surface area contributed by atoms with Crippen LogP contribution in [0, 0.1) is 13.8 Å². The van der Waals surface area contributed by atoms with E-state index in [2.05, 4.69) is 6.07 Å². The van der Waals surface area contributed by atoms with E-state index in [1.807, 2.05) is 26.0 Å². The number of carbonyl (C=O) groups is 1. The molecule has 0 bridgehead atoms. The maximum Gasteiger partial charge on any atom is 0.175 e. The zero-order chi connectivity index (χ0) is 15.4. The minimum Gasteiger partial charge on any atom is -0.293 e. The van der Waals surface area contributed by atoms with Crippen molar-refractivity contribution in [2.45, 2.75) is 19.6 Å². The number of hydrogen-bond donors (Lipinski definition) is 0. The molecule has 0 radical (unpaired) electrons. The van der Waals surface area contributed by atoms with Crippen LogP contribution in [0.3, 0.4) is 0 Å². The summed E-state index contributed by atoms with van der Waals surface area (Å²) >= 11 is 5.86. The number of benzene rings is 2. The lowest BCUT2D eigenvalue weighted by Crippen LogP contribution is -2.12. The van der Waals surface area contributed by atoms with Crippen molar-refractivity contribution in [3.8, 4) is 0 Å². The van der Waals surface area contributed by atoms with Crippen LogP contribution >= 0.6 is 11.6 Å². The van der Waals surface area contributed by atoms with Gasteiger partial charge in [-0.15, -0.1) is 0 Å². The SMILES string of the molecule is Cc1cc(C)cc(CS(=O)CC(=O)c2cccc(Cl)c2)c1. The molecular weight excluding hydrogens is 304 g/mol. The molecule has 0 aliphatic heterocycles. The first-order chi connectivity index (χ1) is 9.94. The maximum atomic E-state index is 12.2. The average Bonchev–Trinajstić information content (AvgIpc) is 2.37. The highest BCUT2D eigenvalue weighted by Crippen LogP contribution is 2.14. The first-order valence-corrected chi connectivity index (χ1v) is 8.51. The molecule has 0 aliphatic carbocycles. The molecule has 2 nitrogen and oxygen atoms in total. The van der Waals surface area contributed by atoms with Crippen molar-refractivity contribution in [2.24, 2.45) is 0 Å². The molecule has 0 spiro atoms. The molecule has 0 amide bonds. The van der Waals surface area contributed by atoms with Gasteiger partial charge in [0.2, 0.25) is 0 Å². The van der Waals surface area contributed by atoms with Gasteiger partial charge in [-0.2, -0.15) is 0 Å². The Hall–Kier alpha value is -1.45. The third kappa shape index (κ3) is 4.80. The van der Waals surface area contributed by atoms with Crippen molar-refractivity contribution in [1.82, 2.24) is 0 Å². The molecule has 0 aliphatic rings. The van der Waals surface area contributed by atoms with Crippen molar-refractivity contribution < 1.29 is 9.00 Å². The second-order valence-electron chi connectivity index (χ2n) is 5.16. The van der Waals surface area contributed by atoms with Crippen LogP contribution in [0.1, 0.15) is 27.0 Å². The van der Waals surface area contributed by atoms with Gasteiger partial charge < -0.3 is 0 Å². The summed E-state index contributed by atoms with van der Waals surface area (Å²) in [5.74, 6) is 0.280. The lowest BCUT2D eigenvalue weighted by atomic mass is 10.1. The van der Waals surface area contributed by atoms with Gasteiger partial charge in [-0.1, -0.05) is 53.1 Å². The normalized spacial score (nSPS) is 12.1. The topological polar surface area (TPSA) is 34.1 Å². The molecule has 1 atom stereocenters. The van der Waals surface area contributed by atoms with E-state index in [-0.39, 0.29) is 11.5 Å². The summed E-state index contributed by atoms with van der Waals surface area (Å²) in [6, 6.07) is 12.8. The first-order valence-electron chi connectivity index (χ1n) is 6.65. The molecule has 0 fully saturated rings. The molecule has 0 saturated heterocycles. The number of halogens is 1. The second-order valence-corrected chi connectivity index (χ2v) is 7.05. The Morgan fingerprint density at radius 2 is 1.76 bits per heavy atom. The third-order valence-corrected chi connectivity index (χ3v) is 4.52. The Kier molecular flexibility index (Phi) is 5.32. The Bertz CT molecular complexity index is 675. The summed E-state index contributed by atoms with van der Waals surface area (Å²) in [4.78, 5) is 12.1. The highest BCUT2D eigenvalue weighted by molar-refractivity contribution is 7.85. The largest absolute Gasteiger partial charge is 0.293 e. The van der Waals surface area contributed by atoms with Crippen LogP contribution in [-0.4, -0.2) is 15.7 Å². The van der Waals surface area contributed by atoms with Crippen LogP contribution in [0.5, 0.6) is 0 Å². The van der Waals surface area contributed by atoms with Crippen molar-refractivity contribution in [3.63, 3.8) is 0 Å². The number of carbonyl (C=O) groups excluding carboxylic acids is 1. The van der Waals surface area contributed by atoms with Crippen molar-refractivity contribution in [1.29, 1.82) is 0 Å². The smallest absolute Gasteiger partial charge is 0.175 e. The molecule has 0 N–H and O–H groups in total. The molecule has 2 rings (SSSR count). The second kappa shape index (κ2) is 7.01. The summed E-state index contributed by atoms with van der Waals surface area (Å²) in [5.41, 5.74) is 3.80. The van der Waals surface area contributed by atoms with Gasteiger partial charge >= 0.3 is 0 Å². The zero-order valence-corrected chi connectivity index (χ0v) is 13.6. The fourth-order valence-corrected chi connectivity index (χ4v) is 3.57. The van der Waals surface area contributed by atoms with E-state index in [1.165, 1.54) is 0 Å². The number of hydrogen-bond acceptors (Lipinski definition) is 2. The molecule has 0 saturated carbocycles. The van der Waals surface area contributed by atoms with Crippen LogP contribution in [0.15, 0.2) is 42.5 Å². The van der Waals surface area contributed by atoms with Crippen LogP contribution in [-0.2, 0) is 16.6 Å². The highest BCUT2D eigenvalue weighted by Gasteiger charge is 2.12. The minimum atomic E-state index is -1.22. The Morgan fingerprint density at radius 3 is 2.38 bits per heavy atom. The molecular formula is C17H17ClO2S. The number of ketones is 1. The van der Waals surface area contributed by atoms with Crippen LogP contribution in [0.25, 0.3) is 0 Å². The Labute approximate surface area is 132 Å². The quantitative estimate of drug-likeness (QED) is 0.778. The maximum absolute atomic E-state index is 12.2. The fraction of sp³-hybridized carbons (Fsp3) is 0.235. The van der Waals surface area contributed by atoms with E-state index in [4.69, 9.17) is 11.6 Å². The molecule has 1 unspecified atom stereocenters.